The summed E-state index contributed by atoms with van der Waals surface area (Å²) in [6.45, 7) is 4.42. The predicted octanol–water partition coefficient (Wildman–Crippen LogP) is 14.0. The van der Waals surface area contributed by atoms with Crippen LogP contribution in [0.5, 0.6) is 0 Å². The molecule has 57 heavy (non-hydrogen) atoms. The van der Waals surface area contributed by atoms with E-state index in [1.54, 1.807) is 24.3 Å². The molecule has 0 N–H and O–H groups in total. The van der Waals surface area contributed by atoms with Crippen LogP contribution >= 0.6 is 0 Å². The average Bonchev–Trinajstić information content (AvgIpc) is 3.62. The fourth-order valence-electron chi connectivity index (χ4n) is 7.89. The van der Waals surface area contributed by atoms with Gasteiger partial charge in [-0.25, -0.2) is 15.0 Å². The molecule has 9 aromatic carbocycles. The normalized spacial score (nSPS) is 16.6. The Labute approximate surface area is 353 Å². The van der Waals surface area contributed by atoms with Crippen molar-refractivity contribution in [2.75, 3.05) is 0 Å². The van der Waals surface area contributed by atoms with Crippen LogP contribution < -0.4 is 0 Å². The first-order valence-corrected chi connectivity index (χ1v) is 18.4. The fraction of sp³-hybridized carbons (Fsp3) is 0.0556. The Balaban J connectivity index is 1.13. The van der Waals surface area contributed by atoms with Gasteiger partial charge in [0, 0.05) is 22.1 Å². The number of hydrogen-bond donors (Lipinski definition) is 0. The minimum absolute atomic E-state index is 0.174. The number of nitrogens with zero attached hydrogens (tertiary/aromatic N) is 3. The van der Waals surface area contributed by atoms with Crippen LogP contribution in [0.3, 0.4) is 0 Å². The molecular weight excluding hydrogens is 691 g/mol. The molecule has 3 nitrogen and oxygen atoms in total. The van der Waals surface area contributed by atoms with Crippen LogP contribution in [0.4, 0.5) is 0 Å². The molecule has 0 atom stereocenters. The Kier molecular flexibility index (Phi) is 4.80. The van der Waals surface area contributed by atoms with E-state index in [2.05, 4.69) is 50.2 Å². The van der Waals surface area contributed by atoms with Gasteiger partial charge in [-0.2, -0.15) is 0 Å². The SMILES string of the molecule is [2H]c1c([2H])c(-c2c([2H])c([2H])c3c4c([2H])c([2H])c([2H])c([2H])c4c4c([2H])c([2H])c([2H])c([2H])c4c3c2[2H])c([2H])c([2H])c1-c1nc(-c2ccccc2)nc(-c2cccc(-c3ccc4c(c3)C(C)(C)c3ccccc3-4)c2)n1. The van der Waals surface area contributed by atoms with Gasteiger partial charge in [-0.05, 0) is 95.0 Å². The molecule has 3 heteroatoms. The third-order valence-corrected chi connectivity index (χ3v) is 10.7. The van der Waals surface area contributed by atoms with Gasteiger partial charge in [0.1, 0.15) is 0 Å². The minimum atomic E-state index is -0.778. The van der Waals surface area contributed by atoms with E-state index in [9.17, 15) is 9.60 Å². The van der Waals surface area contributed by atoms with Gasteiger partial charge in [0.25, 0.3) is 0 Å². The molecule has 0 fully saturated rings. The predicted molar refractivity (Wildman–Crippen MR) is 237 cm³/mol. The maximum absolute atomic E-state index is 9.68. The summed E-state index contributed by atoms with van der Waals surface area (Å²) in [6.07, 6.45) is 0. The lowest BCUT2D eigenvalue weighted by Crippen LogP contribution is -2.14. The molecule has 0 spiro atoms. The van der Waals surface area contributed by atoms with Gasteiger partial charge in [0.15, 0.2) is 17.5 Å². The zero-order chi connectivity index (χ0) is 51.1. The Bertz CT molecular complexity index is 4010. The topological polar surface area (TPSA) is 38.7 Å². The van der Waals surface area contributed by atoms with Crippen LogP contribution in [0.2, 0.25) is 0 Å². The van der Waals surface area contributed by atoms with Crippen molar-refractivity contribution in [3.05, 3.63) is 199 Å². The number of aromatic nitrogens is 3. The van der Waals surface area contributed by atoms with Crippen LogP contribution in [0.1, 0.15) is 45.5 Å². The van der Waals surface area contributed by atoms with E-state index < -0.39 is 107 Å². The quantitative estimate of drug-likeness (QED) is 0.165. The van der Waals surface area contributed by atoms with Crippen LogP contribution in [0.25, 0.3) is 99.9 Å². The van der Waals surface area contributed by atoms with E-state index in [4.69, 9.17) is 25.9 Å². The van der Waals surface area contributed by atoms with Crippen LogP contribution in [-0.2, 0) is 5.41 Å². The van der Waals surface area contributed by atoms with Crippen LogP contribution in [0.15, 0.2) is 188 Å². The van der Waals surface area contributed by atoms with E-state index in [0.717, 1.165) is 11.1 Å². The van der Waals surface area contributed by atoms with Gasteiger partial charge in [-0.3, -0.25) is 0 Å². The lowest BCUT2D eigenvalue weighted by Gasteiger charge is -2.22. The lowest BCUT2D eigenvalue weighted by molar-refractivity contribution is 0.660. The van der Waals surface area contributed by atoms with E-state index in [1.165, 1.54) is 22.3 Å². The first-order valence-electron chi connectivity index (χ1n) is 25.9. The van der Waals surface area contributed by atoms with Gasteiger partial charge in [-0.15, -0.1) is 0 Å². The smallest absolute Gasteiger partial charge is 0.164 e. The van der Waals surface area contributed by atoms with Gasteiger partial charge in [0.05, 0.1) is 20.6 Å². The summed E-state index contributed by atoms with van der Waals surface area (Å²) in [4.78, 5) is 14.4. The largest absolute Gasteiger partial charge is 0.208 e. The molecule has 1 aliphatic rings. The molecule has 10 aromatic rings. The number of hydrogen-bond acceptors (Lipinski definition) is 3. The zero-order valence-corrected chi connectivity index (χ0v) is 30.6. The molecule has 1 aromatic heterocycles. The summed E-state index contributed by atoms with van der Waals surface area (Å²) < 4.78 is 136. The highest BCUT2D eigenvalue weighted by molar-refractivity contribution is 6.25. The summed E-state index contributed by atoms with van der Waals surface area (Å²) in [5, 5.41) is -2.18. The van der Waals surface area contributed by atoms with Gasteiger partial charge < -0.3 is 0 Å². The summed E-state index contributed by atoms with van der Waals surface area (Å²) >= 11 is 0. The van der Waals surface area contributed by atoms with Crippen molar-refractivity contribution in [3.63, 3.8) is 0 Å². The van der Waals surface area contributed by atoms with Crippen molar-refractivity contribution in [2.24, 2.45) is 0 Å². The minimum Gasteiger partial charge on any atom is -0.208 e. The maximum atomic E-state index is 9.68. The third-order valence-electron chi connectivity index (χ3n) is 10.7. The monoisotopic (exact) mass is 742 g/mol. The highest BCUT2D eigenvalue weighted by Crippen LogP contribution is 2.49. The first-order chi connectivity index (χ1) is 34.3. The first kappa shape index (κ1) is 21.2. The van der Waals surface area contributed by atoms with E-state index in [1.807, 2.05) is 36.4 Å². The van der Waals surface area contributed by atoms with E-state index in [-0.39, 0.29) is 55.4 Å². The molecule has 0 radical (unpaired) electrons. The number of rotatable bonds is 5. The second kappa shape index (κ2) is 12.9. The lowest BCUT2D eigenvalue weighted by atomic mass is 9.81. The van der Waals surface area contributed by atoms with Crippen molar-refractivity contribution in [3.8, 4) is 67.5 Å². The van der Waals surface area contributed by atoms with Crippen molar-refractivity contribution in [2.45, 2.75) is 19.3 Å². The molecule has 1 heterocycles. The Hall–Kier alpha value is -7.23. The van der Waals surface area contributed by atoms with Crippen molar-refractivity contribution in [1.82, 2.24) is 15.0 Å². The van der Waals surface area contributed by atoms with E-state index >= 15 is 0 Å². The number of benzene rings is 9. The molecule has 0 aliphatic heterocycles. The highest BCUT2D eigenvalue weighted by atomic mass is 15.0. The van der Waals surface area contributed by atoms with Crippen LogP contribution in [0, 0.1) is 0 Å². The van der Waals surface area contributed by atoms with Crippen LogP contribution in [-0.4, -0.2) is 15.0 Å². The second-order valence-corrected chi connectivity index (χ2v) is 14.4. The molecular formula is C54H37N3. The highest BCUT2D eigenvalue weighted by Gasteiger charge is 2.35. The zero-order valence-electron chi connectivity index (χ0n) is 45.6. The summed E-state index contributed by atoms with van der Waals surface area (Å²) in [6, 6.07) is 20.9. The molecule has 0 saturated heterocycles. The van der Waals surface area contributed by atoms with Gasteiger partial charge in [-0.1, -0.05) is 183 Å². The summed E-state index contributed by atoms with van der Waals surface area (Å²) in [5.41, 5.74) is 6.11. The standard InChI is InChI=1S/C54H37N3/c1-54(2)49-22-11-10-21-46(49)47-30-28-39(33-50(47)54)37-15-12-16-40(31-37)53-56-51(35-13-4-3-5-14-35)55-52(57-53)36-25-23-34(24-26-36)38-27-29-45-43-19-7-6-17-41(43)42-18-8-9-20-44(42)48(45)32-38/h3-33H,1-2H3/i6D,7D,8D,9D,17D,18D,19D,20D,23D,24D,25D,26D,27D,29D,32D. The average molecular weight is 743 g/mol. The molecule has 0 bridgehead atoms. The van der Waals surface area contributed by atoms with Gasteiger partial charge >= 0.3 is 0 Å². The third kappa shape index (κ3) is 5.46. The number of fused-ring (bicyclic) bond motifs is 9. The molecule has 0 unspecified atom stereocenters. The molecule has 1 aliphatic carbocycles. The summed E-state index contributed by atoms with van der Waals surface area (Å²) in [7, 11) is 0. The molecule has 0 saturated carbocycles. The fourth-order valence-corrected chi connectivity index (χ4v) is 7.89. The Morgan fingerprint density at radius 2 is 0.877 bits per heavy atom. The van der Waals surface area contributed by atoms with E-state index in [0.29, 0.717) is 11.1 Å². The molecule has 268 valence electrons. The summed E-state index contributed by atoms with van der Waals surface area (Å²) in [5.74, 6) is 0.146. The Morgan fingerprint density at radius 3 is 1.60 bits per heavy atom. The maximum Gasteiger partial charge on any atom is 0.164 e. The van der Waals surface area contributed by atoms with Crippen molar-refractivity contribution in [1.29, 1.82) is 0 Å². The molecule has 0 amide bonds. The second-order valence-electron chi connectivity index (χ2n) is 14.4. The van der Waals surface area contributed by atoms with Gasteiger partial charge in [0.2, 0.25) is 0 Å². The van der Waals surface area contributed by atoms with Crippen molar-refractivity contribution < 1.29 is 20.6 Å². The molecule has 11 rings (SSSR count). The van der Waals surface area contributed by atoms with Crippen molar-refractivity contribution >= 4 is 32.3 Å². The Morgan fingerprint density at radius 1 is 0.368 bits per heavy atom.